The lowest BCUT2D eigenvalue weighted by Crippen LogP contribution is -2.07. The summed E-state index contributed by atoms with van der Waals surface area (Å²) in [5.74, 6) is 1.18. The maximum Gasteiger partial charge on any atom is 0.303 e. The first-order chi connectivity index (χ1) is 7.16. The molecule has 1 aliphatic carbocycles. The zero-order valence-corrected chi connectivity index (χ0v) is 9.09. The lowest BCUT2D eigenvalue weighted by Gasteiger charge is -2.23. The van der Waals surface area contributed by atoms with Gasteiger partial charge in [0.05, 0.1) is 11.4 Å². The van der Waals surface area contributed by atoms with E-state index in [-0.39, 0.29) is 6.42 Å². The van der Waals surface area contributed by atoms with Crippen LogP contribution in [0.25, 0.3) is 0 Å². The van der Waals surface area contributed by atoms with Crippen molar-refractivity contribution in [1.29, 1.82) is 0 Å². The molecule has 15 heavy (non-hydrogen) atoms. The fourth-order valence-corrected chi connectivity index (χ4v) is 2.05. The van der Waals surface area contributed by atoms with Crippen molar-refractivity contribution in [3.8, 4) is 0 Å². The summed E-state index contributed by atoms with van der Waals surface area (Å²) in [6, 6.07) is 1.75. The molecule has 4 heteroatoms. The molecule has 0 spiro atoms. The minimum atomic E-state index is -0.812. The summed E-state index contributed by atoms with van der Waals surface area (Å²) in [5, 5.41) is 9.20. The van der Waals surface area contributed by atoms with Gasteiger partial charge in [0.15, 0.2) is 0 Å². The molecule has 0 saturated heterocycles. The van der Waals surface area contributed by atoms with Crippen LogP contribution in [0.15, 0.2) is 10.5 Å². The molecule has 0 atom stereocenters. The monoisotopic (exact) mass is 228 g/mol. The van der Waals surface area contributed by atoms with Gasteiger partial charge in [-0.3, -0.25) is 4.79 Å². The fraction of sp³-hybridized carbons (Fsp3) is 0.545. The van der Waals surface area contributed by atoms with Crippen LogP contribution in [-0.2, 0) is 11.2 Å². The Morgan fingerprint density at radius 2 is 2.33 bits per heavy atom. The number of aliphatic carboxylic acids is 1. The smallest absolute Gasteiger partial charge is 0.303 e. The number of rotatable bonds is 4. The van der Waals surface area contributed by atoms with Crippen molar-refractivity contribution < 1.29 is 14.3 Å². The zero-order chi connectivity index (χ0) is 10.8. The molecule has 3 nitrogen and oxygen atoms in total. The predicted molar refractivity (Wildman–Crippen MR) is 56.3 cm³/mol. The predicted octanol–water partition coefficient (Wildman–Crippen LogP) is 3.22. The normalized spacial score (nSPS) is 16.3. The number of furan rings is 1. The van der Waals surface area contributed by atoms with E-state index < -0.39 is 5.97 Å². The highest BCUT2D eigenvalue weighted by atomic mass is 35.5. The molecule has 82 valence electrons. The van der Waals surface area contributed by atoms with Crippen LogP contribution in [-0.4, -0.2) is 11.1 Å². The highest BCUT2D eigenvalue weighted by molar-refractivity contribution is 6.31. The minimum absolute atomic E-state index is 0.0912. The van der Waals surface area contributed by atoms with Gasteiger partial charge in [-0.15, -0.1) is 0 Å². The second-order valence-corrected chi connectivity index (χ2v) is 4.35. The van der Waals surface area contributed by atoms with Crippen LogP contribution >= 0.6 is 11.6 Å². The summed E-state index contributed by atoms with van der Waals surface area (Å²) < 4.78 is 5.57. The number of hydrogen-bond donors (Lipinski definition) is 1. The van der Waals surface area contributed by atoms with Gasteiger partial charge in [-0.1, -0.05) is 18.0 Å². The molecule has 1 aliphatic rings. The van der Waals surface area contributed by atoms with Crippen molar-refractivity contribution in [2.24, 2.45) is 0 Å². The fourth-order valence-electron chi connectivity index (χ4n) is 1.73. The van der Waals surface area contributed by atoms with E-state index in [0.29, 0.717) is 23.1 Å². The average Bonchev–Trinajstić information content (AvgIpc) is 2.42. The Balaban J connectivity index is 2.03. The number of halogens is 1. The van der Waals surface area contributed by atoms with E-state index >= 15 is 0 Å². The highest BCUT2D eigenvalue weighted by Gasteiger charge is 2.25. The molecular formula is C11H13ClO3. The molecule has 0 aromatic carbocycles. The van der Waals surface area contributed by atoms with E-state index in [1.165, 1.54) is 6.42 Å². The Morgan fingerprint density at radius 1 is 1.60 bits per heavy atom. The second-order valence-electron chi connectivity index (χ2n) is 3.95. The van der Waals surface area contributed by atoms with Gasteiger partial charge in [-0.05, 0) is 18.9 Å². The Hall–Kier alpha value is -0.960. The van der Waals surface area contributed by atoms with Crippen molar-refractivity contribution >= 4 is 17.6 Å². The summed E-state index contributed by atoms with van der Waals surface area (Å²) in [7, 11) is 0. The molecule has 2 rings (SSSR count). The summed E-state index contributed by atoms with van der Waals surface area (Å²) in [6.07, 6.45) is 4.00. The number of aryl methyl sites for hydroxylation is 1. The van der Waals surface area contributed by atoms with E-state index in [0.717, 1.165) is 18.6 Å². The Kier molecular flexibility index (Phi) is 3.00. The average molecular weight is 229 g/mol. The van der Waals surface area contributed by atoms with Gasteiger partial charge < -0.3 is 9.52 Å². The van der Waals surface area contributed by atoms with Crippen LogP contribution in [0, 0.1) is 0 Å². The summed E-state index contributed by atoms with van der Waals surface area (Å²) in [5.41, 5.74) is 0. The van der Waals surface area contributed by atoms with Gasteiger partial charge in [0.25, 0.3) is 0 Å². The second kappa shape index (κ2) is 4.27. The molecule has 1 saturated carbocycles. The molecule has 0 aliphatic heterocycles. The first-order valence-electron chi connectivity index (χ1n) is 5.16. The van der Waals surface area contributed by atoms with E-state index in [1.54, 1.807) is 6.07 Å². The van der Waals surface area contributed by atoms with Gasteiger partial charge >= 0.3 is 5.97 Å². The third-order valence-electron chi connectivity index (χ3n) is 2.83. The van der Waals surface area contributed by atoms with Crippen molar-refractivity contribution in [1.82, 2.24) is 0 Å². The number of carbonyl (C=O) groups is 1. The minimum Gasteiger partial charge on any atom is -0.481 e. The summed E-state index contributed by atoms with van der Waals surface area (Å²) in [6.45, 7) is 0. The molecule has 1 heterocycles. The maximum absolute atomic E-state index is 10.4. The van der Waals surface area contributed by atoms with Crippen LogP contribution in [0.5, 0.6) is 0 Å². The van der Waals surface area contributed by atoms with Crippen LogP contribution in [0.4, 0.5) is 0 Å². The lowest BCUT2D eigenvalue weighted by molar-refractivity contribution is -0.137. The molecule has 0 unspecified atom stereocenters. The van der Waals surface area contributed by atoms with Crippen LogP contribution in [0.1, 0.15) is 43.1 Å². The van der Waals surface area contributed by atoms with Gasteiger partial charge in [0.1, 0.15) is 11.5 Å². The number of carboxylic acids is 1. The molecule has 0 bridgehead atoms. The van der Waals surface area contributed by atoms with E-state index in [1.807, 2.05) is 0 Å². The Bertz CT molecular complexity index is 366. The molecule has 1 fully saturated rings. The first kappa shape index (κ1) is 10.6. The Morgan fingerprint density at radius 3 is 2.87 bits per heavy atom. The van der Waals surface area contributed by atoms with Crippen molar-refractivity contribution in [3.05, 3.63) is 22.6 Å². The Labute approximate surface area is 93.0 Å². The first-order valence-corrected chi connectivity index (χ1v) is 5.54. The van der Waals surface area contributed by atoms with E-state index in [2.05, 4.69) is 0 Å². The summed E-state index contributed by atoms with van der Waals surface area (Å²) in [4.78, 5) is 10.4. The zero-order valence-electron chi connectivity index (χ0n) is 8.33. The molecule has 1 aromatic rings. The highest BCUT2D eigenvalue weighted by Crippen LogP contribution is 2.41. The number of hydrogen-bond acceptors (Lipinski definition) is 2. The van der Waals surface area contributed by atoms with E-state index in [4.69, 9.17) is 21.1 Å². The van der Waals surface area contributed by atoms with Crippen LogP contribution in [0.3, 0.4) is 0 Å². The van der Waals surface area contributed by atoms with Gasteiger partial charge in [0.2, 0.25) is 0 Å². The van der Waals surface area contributed by atoms with Crippen molar-refractivity contribution in [3.63, 3.8) is 0 Å². The van der Waals surface area contributed by atoms with Gasteiger partial charge in [-0.2, -0.15) is 0 Å². The lowest BCUT2D eigenvalue weighted by atomic mass is 9.84. The third kappa shape index (κ3) is 2.34. The number of carboxylic acid groups (broad SMARTS) is 1. The summed E-state index contributed by atoms with van der Waals surface area (Å²) >= 11 is 6.03. The molecule has 1 aromatic heterocycles. The molecular weight excluding hydrogens is 216 g/mol. The standard InChI is InChI=1S/C11H13ClO3/c12-9-6-8(4-5-10(13)14)15-11(9)7-2-1-3-7/h6-7H,1-5H2,(H,13,14). The quantitative estimate of drug-likeness (QED) is 0.861. The van der Waals surface area contributed by atoms with Crippen molar-refractivity contribution in [2.45, 2.75) is 38.0 Å². The van der Waals surface area contributed by atoms with Crippen LogP contribution in [0.2, 0.25) is 5.02 Å². The van der Waals surface area contributed by atoms with Crippen molar-refractivity contribution in [2.75, 3.05) is 0 Å². The topological polar surface area (TPSA) is 50.4 Å². The molecule has 0 amide bonds. The SMILES string of the molecule is O=C(O)CCc1cc(Cl)c(C2CCC2)o1. The molecule has 0 radical (unpaired) electrons. The van der Waals surface area contributed by atoms with Gasteiger partial charge in [0, 0.05) is 12.3 Å². The maximum atomic E-state index is 10.4. The van der Waals surface area contributed by atoms with Crippen LogP contribution < -0.4 is 0 Å². The largest absolute Gasteiger partial charge is 0.481 e. The third-order valence-corrected chi connectivity index (χ3v) is 3.12. The molecule has 1 N–H and O–H groups in total. The van der Waals surface area contributed by atoms with Gasteiger partial charge in [-0.25, -0.2) is 0 Å². The van der Waals surface area contributed by atoms with E-state index in [9.17, 15) is 4.79 Å².